The van der Waals surface area contributed by atoms with Gasteiger partial charge in [-0.25, -0.2) is 4.98 Å². The van der Waals surface area contributed by atoms with Crippen molar-refractivity contribution in [3.8, 4) is 11.6 Å². The summed E-state index contributed by atoms with van der Waals surface area (Å²) in [5.41, 5.74) is 2.64. The number of aryl methyl sites for hydroxylation is 1. The summed E-state index contributed by atoms with van der Waals surface area (Å²) in [7, 11) is 0. The van der Waals surface area contributed by atoms with E-state index >= 15 is 0 Å². The van der Waals surface area contributed by atoms with Crippen LogP contribution in [0.25, 0.3) is 0 Å². The monoisotopic (exact) mass is 263 g/mol. The Bertz CT molecular complexity index is 570. The van der Waals surface area contributed by atoms with Gasteiger partial charge in [0.1, 0.15) is 5.75 Å². The highest BCUT2D eigenvalue weighted by Gasteiger charge is 2.07. The zero-order chi connectivity index (χ0) is 13.1. The van der Waals surface area contributed by atoms with Crippen LogP contribution < -0.4 is 4.74 Å². The van der Waals surface area contributed by atoms with Crippen molar-refractivity contribution < 1.29 is 9.84 Å². The third-order valence-corrected chi connectivity index (χ3v) is 3.16. The molecule has 0 atom stereocenters. The second-order valence-electron chi connectivity index (χ2n) is 4.04. The van der Waals surface area contributed by atoms with Crippen LogP contribution in [0.3, 0.4) is 0 Å². The molecule has 3 nitrogen and oxygen atoms in total. The minimum atomic E-state index is -0.206. The van der Waals surface area contributed by atoms with Crippen LogP contribution in [-0.2, 0) is 6.61 Å². The average Bonchev–Trinajstić information content (AvgIpc) is 2.37. The lowest BCUT2D eigenvalue weighted by Crippen LogP contribution is -1.96. The van der Waals surface area contributed by atoms with Gasteiger partial charge >= 0.3 is 0 Å². The maximum Gasteiger partial charge on any atom is 0.219 e. The molecule has 94 valence electrons. The summed E-state index contributed by atoms with van der Waals surface area (Å²) in [6.07, 6.45) is 0. The molecular formula is C14H14ClNO2. The van der Waals surface area contributed by atoms with Crippen molar-refractivity contribution >= 4 is 11.6 Å². The number of benzene rings is 1. The van der Waals surface area contributed by atoms with Crippen molar-refractivity contribution in [1.29, 1.82) is 0 Å². The van der Waals surface area contributed by atoms with E-state index < -0.39 is 0 Å². The molecule has 0 amide bonds. The van der Waals surface area contributed by atoms with Gasteiger partial charge in [0, 0.05) is 6.07 Å². The standard InChI is InChI=1S/C14H14ClNO2/c1-9-4-3-5-13(10(9)2)18-14-7-6-11(15)12(8-17)16-14/h3-7,17H,8H2,1-2H3. The second kappa shape index (κ2) is 5.38. The highest BCUT2D eigenvalue weighted by Crippen LogP contribution is 2.27. The van der Waals surface area contributed by atoms with Gasteiger partial charge in [-0.2, -0.15) is 0 Å². The molecule has 0 spiro atoms. The molecule has 0 fully saturated rings. The molecule has 0 bridgehead atoms. The van der Waals surface area contributed by atoms with Crippen molar-refractivity contribution in [2.75, 3.05) is 0 Å². The lowest BCUT2D eigenvalue weighted by atomic mass is 10.1. The summed E-state index contributed by atoms with van der Waals surface area (Å²) in [5, 5.41) is 9.54. The van der Waals surface area contributed by atoms with E-state index in [-0.39, 0.29) is 6.61 Å². The van der Waals surface area contributed by atoms with Crippen LogP contribution in [0.1, 0.15) is 16.8 Å². The maximum absolute atomic E-state index is 9.11. The molecular weight excluding hydrogens is 250 g/mol. The van der Waals surface area contributed by atoms with Gasteiger partial charge in [0.15, 0.2) is 0 Å². The van der Waals surface area contributed by atoms with Gasteiger partial charge < -0.3 is 9.84 Å². The first kappa shape index (κ1) is 12.9. The summed E-state index contributed by atoms with van der Waals surface area (Å²) >= 11 is 5.88. The molecule has 0 aliphatic carbocycles. The molecule has 0 saturated carbocycles. The molecule has 1 heterocycles. The molecule has 1 aromatic heterocycles. The van der Waals surface area contributed by atoms with E-state index in [1.807, 2.05) is 32.0 Å². The van der Waals surface area contributed by atoms with Crippen LogP contribution in [-0.4, -0.2) is 10.1 Å². The second-order valence-corrected chi connectivity index (χ2v) is 4.44. The summed E-state index contributed by atoms with van der Waals surface area (Å²) in [6, 6.07) is 9.19. The first-order chi connectivity index (χ1) is 8.61. The van der Waals surface area contributed by atoms with Gasteiger partial charge in [-0.05, 0) is 37.1 Å². The van der Waals surface area contributed by atoms with Gasteiger partial charge in [-0.1, -0.05) is 23.7 Å². The number of aliphatic hydroxyl groups excluding tert-OH is 1. The number of halogens is 1. The number of hydrogen-bond acceptors (Lipinski definition) is 3. The van der Waals surface area contributed by atoms with Crippen LogP contribution >= 0.6 is 11.6 Å². The predicted octanol–water partition coefficient (Wildman–Crippen LogP) is 3.64. The highest BCUT2D eigenvalue weighted by atomic mass is 35.5. The van der Waals surface area contributed by atoms with Gasteiger partial charge in [0.05, 0.1) is 17.3 Å². The highest BCUT2D eigenvalue weighted by molar-refractivity contribution is 6.31. The van der Waals surface area contributed by atoms with Crippen LogP contribution in [0.5, 0.6) is 11.6 Å². The largest absolute Gasteiger partial charge is 0.439 e. The number of pyridine rings is 1. The quantitative estimate of drug-likeness (QED) is 0.919. The lowest BCUT2D eigenvalue weighted by Gasteiger charge is -2.10. The topological polar surface area (TPSA) is 42.4 Å². The fourth-order valence-electron chi connectivity index (χ4n) is 1.58. The fraction of sp³-hybridized carbons (Fsp3) is 0.214. The number of ether oxygens (including phenoxy) is 1. The summed E-state index contributed by atoms with van der Waals surface area (Å²) < 4.78 is 5.71. The van der Waals surface area contributed by atoms with Crippen LogP contribution in [0, 0.1) is 13.8 Å². The summed E-state index contributed by atoms with van der Waals surface area (Å²) in [5.74, 6) is 1.19. The van der Waals surface area contributed by atoms with Crippen LogP contribution in [0.2, 0.25) is 5.02 Å². The Hall–Kier alpha value is -1.58. The number of rotatable bonds is 3. The molecule has 0 unspecified atom stereocenters. The van der Waals surface area contributed by atoms with Crippen molar-refractivity contribution in [3.63, 3.8) is 0 Å². The number of nitrogens with zero attached hydrogens (tertiary/aromatic N) is 1. The van der Waals surface area contributed by atoms with E-state index in [0.717, 1.165) is 16.9 Å². The average molecular weight is 264 g/mol. The first-order valence-corrected chi connectivity index (χ1v) is 6.00. The van der Waals surface area contributed by atoms with Crippen molar-refractivity contribution in [2.24, 2.45) is 0 Å². The molecule has 0 radical (unpaired) electrons. The Balaban J connectivity index is 2.31. The van der Waals surface area contributed by atoms with Crippen LogP contribution in [0.4, 0.5) is 0 Å². The maximum atomic E-state index is 9.11. The van der Waals surface area contributed by atoms with E-state index in [0.29, 0.717) is 16.6 Å². The van der Waals surface area contributed by atoms with Gasteiger partial charge in [0.25, 0.3) is 0 Å². The minimum absolute atomic E-state index is 0.206. The number of aromatic nitrogens is 1. The molecule has 2 aromatic rings. The van der Waals surface area contributed by atoms with E-state index in [1.165, 1.54) is 0 Å². The number of hydrogen-bond donors (Lipinski definition) is 1. The molecule has 0 aliphatic rings. The zero-order valence-corrected chi connectivity index (χ0v) is 11.0. The zero-order valence-electron chi connectivity index (χ0n) is 10.3. The van der Waals surface area contributed by atoms with Gasteiger partial charge in [-0.15, -0.1) is 0 Å². The lowest BCUT2D eigenvalue weighted by molar-refractivity contribution is 0.275. The Labute approximate surface area is 111 Å². The predicted molar refractivity (Wildman–Crippen MR) is 71.2 cm³/mol. The Kier molecular flexibility index (Phi) is 3.84. The third-order valence-electron chi connectivity index (χ3n) is 2.81. The summed E-state index contributed by atoms with van der Waals surface area (Å²) in [6.45, 7) is 3.81. The number of aliphatic hydroxyl groups is 1. The van der Waals surface area contributed by atoms with E-state index in [4.69, 9.17) is 21.4 Å². The normalized spacial score (nSPS) is 10.4. The van der Waals surface area contributed by atoms with Gasteiger partial charge in [-0.3, -0.25) is 0 Å². The first-order valence-electron chi connectivity index (χ1n) is 5.62. The van der Waals surface area contributed by atoms with Crippen molar-refractivity contribution in [2.45, 2.75) is 20.5 Å². The SMILES string of the molecule is Cc1cccc(Oc2ccc(Cl)c(CO)n2)c1C. The molecule has 4 heteroatoms. The Morgan fingerprint density at radius 2 is 2.00 bits per heavy atom. The molecule has 1 aromatic carbocycles. The van der Waals surface area contributed by atoms with Crippen molar-refractivity contribution in [1.82, 2.24) is 4.98 Å². The van der Waals surface area contributed by atoms with E-state index in [9.17, 15) is 0 Å². The Morgan fingerprint density at radius 3 is 2.72 bits per heavy atom. The Morgan fingerprint density at radius 1 is 1.22 bits per heavy atom. The van der Waals surface area contributed by atoms with Crippen LogP contribution in [0.15, 0.2) is 30.3 Å². The fourth-order valence-corrected chi connectivity index (χ4v) is 1.74. The molecule has 2 rings (SSSR count). The van der Waals surface area contributed by atoms with E-state index in [2.05, 4.69) is 4.98 Å². The smallest absolute Gasteiger partial charge is 0.219 e. The minimum Gasteiger partial charge on any atom is -0.439 e. The van der Waals surface area contributed by atoms with E-state index in [1.54, 1.807) is 12.1 Å². The molecule has 0 saturated heterocycles. The summed E-state index contributed by atoms with van der Waals surface area (Å²) in [4.78, 5) is 4.15. The molecule has 1 N–H and O–H groups in total. The van der Waals surface area contributed by atoms with Crippen molar-refractivity contribution in [3.05, 3.63) is 52.2 Å². The molecule has 18 heavy (non-hydrogen) atoms. The third kappa shape index (κ3) is 2.63. The van der Waals surface area contributed by atoms with Gasteiger partial charge in [0.2, 0.25) is 5.88 Å². The molecule has 0 aliphatic heterocycles.